The maximum Gasteiger partial charge on any atom is 0.166 e. The standard InChI is InChI=1S/C12H21NO2S/c1-4-6-11(7-5-2)8-12(9-11,10-13)16(3,14)15/h4-9H2,1-3H3. The van der Waals surface area contributed by atoms with Gasteiger partial charge in [0.15, 0.2) is 14.6 Å². The molecule has 0 heterocycles. The van der Waals surface area contributed by atoms with E-state index >= 15 is 0 Å². The van der Waals surface area contributed by atoms with Gasteiger partial charge in [-0.15, -0.1) is 0 Å². The molecule has 0 saturated heterocycles. The average Bonchev–Trinajstić information content (AvgIpc) is 2.11. The van der Waals surface area contributed by atoms with Crippen molar-refractivity contribution in [2.45, 2.75) is 57.1 Å². The molecule has 3 nitrogen and oxygen atoms in total. The Morgan fingerprint density at radius 2 is 1.62 bits per heavy atom. The zero-order valence-electron chi connectivity index (χ0n) is 10.4. The van der Waals surface area contributed by atoms with E-state index in [0.717, 1.165) is 25.7 Å². The lowest BCUT2D eigenvalue weighted by molar-refractivity contribution is 0.0782. The van der Waals surface area contributed by atoms with E-state index in [9.17, 15) is 8.42 Å². The van der Waals surface area contributed by atoms with Crippen molar-refractivity contribution in [1.82, 2.24) is 0 Å². The molecule has 1 aliphatic rings. The fourth-order valence-electron chi connectivity index (χ4n) is 3.12. The van der Waals surface area contributed by atoms with E-state index in [4.69, 9.17) is 5.26 Å². The van der Waals surface area contributed by atoms with Crippen molar-refractivity contribution in [1.29, 1.82) is 5.26 Å². The van der Waals surface area contributed by atoms with Crippen molar-refractivity contribution in [3.05, 3.63) is 0 Å². The Bertz CT molecular complexity index is 378. The normalized spacial score (nSPS) is 22.1. The Morgan fingerprint density at radius 3 is 1.88 bits per heavy atom. The molecule has 1 saturated carbocycles. The molecule has 0 atom stereocenters. The van der Waals surface area contributed by atoms with Crippen molar-refractivity contribution < 1.29 is 8.42 Å². The average molecular weight is 243 g/mol. The van der Waals surface area contributed by atoms with Gasteiger partial charge in [0.25, 0.3) is 0 Å². The molecule has 0 aliphatic heterocycles. The molecule has 0 radical (unpaired) electrons. The minimum Gasteiger partial charge on any atom is -0.227 e. The fraction of sp³-hybridized carbons (Fsp3) is 0.917. The summed E-state index contributed by atoms with van der Waals surface area (Å²) in [6, 6.07) is 2.04. The van der Waals surface area contributed by atoms with Crippen molar-refractivity contribution in [3.63, 3.8) is 0 Å². The Morgan fingerprint density at radius 1 is 1.19 bits per heavy atom. The van der Waals surface area contributed by atoms with Crippen LogP contribution >= 0.6 is 0 Å². The molecule has 0 amide bonds. The summed E-state index contributed by atoms with van der Waals surface area (Å²) in [5, 5.41) is 9.11. The first-order valence-corrected chi connectivity index (χ1v) is 7.85. The molecule has 0 N–H and O–H groups in total. The molecular weight excluding hydrogens is 222 g/mol. The van der Waals surface area contributed by atoms with Crippen LogP contribution in [-0.4, -0.2) is 19.4 Å². The van der Waals surface area contributed by atoms with Crippen LogP contribution in [0.5, 0.6) is 0 Å². The molecule has 92 valence electrons. The molecular formula is C12H21NO2S. The summed E-state index contributed by atoms with van der Waals surface area (Å²) in [6.45, 7) is 4.23. The van der Waals surface area contributed by atoms with Crippen LogP contribution in [-0.2, 0) is 9.84 Å². The van der Waals surface area contributed by atoms with Crippen LogP contribution in [0, 0.1) is 16.7 Å². The van der Waals surface area contributed by atoms with Crippen LogP contribution in [0.2, 0.25) is 0 Å². The van der Waals surface area contributed by atoms with Crippen molar-refractivity contribution in [2.75, 3.05) is 6.26 Å². The lowest BCUT2D eigenvalue weighted by Crippen LogP contribution is -2.55. The van der Waals surface area contributed by atoms with Gasteiger partial charge >= 0.3 is 0 Å². The minimum atomic E-state index is -3.25. The molecule has 0 aromatic heterocycles. The summed E-state index contributed by atoms with van der Waals surface area (Å²) in [4.78, 5) is 0. The number of rotatable bonds is 5. The monoisotopic (exact) mass is 243 g/mol. The van der Waals surface area contributed by atoms with Crippen LogP contribution in [0.3, 0.4) is 0 Å². The van der Waals surface area contributed by atoms with Gasteiger partial charge in [-0.05, 0) is 31.1 Å². The highest BCUT2D eigenvalue weighted by Crippen LogP contribution is 2.57. The molecule has 16 heavy (non-hydrogen) atoms. The lowest BCUT2D eigenvalue weighted by Gasteiger charge is -2.52. The van der Waals surface area contributed by atoms with Crippen LogP contribution in [0.4, 0.5) is 0 Å². The highest BCUT2D eigenvalue weighted by molar-refractivity contribution is 7.92. The van der Waals surface area contributed by atoms with E-state index in [2.05, 4.69) is 13.8 Å². The number of hydrogen-bond acceptors (Lipinski definition) is 3. The number of nitrogens with zero attached hydrogens (tertiary/aromatic N) is 1. The second kappa shape index (κ2) is 4.37. The quantitative estimate of drug-likeness (QED) is 0.746. The lowest BCUT2D eigenvalue weighted by atomic mass is 9.58. The van der Waals surface area contributed by atoms with E-state index in [1.165, 1.54) is 6.26 Å². The summed E-state index contributed by atoms with van der Waals surface area (Å²) in [5.41, 5.74) is 0.113. The predicted octanol–water partition coefficient (Wildman–Crippen LogP) is 2.67. The van der Waals surface area contributed by atoms with Crippen molar-refractivity contribution in [3.8, 4) is 6.07 Å². The van der Waals surface area contributed by atoms with E-state index in [0.29, 0.717) is 12.8 Å². The number of hydrogen-bond donors (Lipinski definition) is 0. The summed E-state index contributed by atoms with van der Waals surface area (Å²) in [6.07, 6.45) is 6.47. The van der Waals surface area contributed by atoms with Crippen LogP contribution in [0.25, 0.3) is 0 Å². The highest BCUT2D eigenvalue weighted by atomic mass is 32.2. The molecule has 4 heteroatoms. The molecule has 0 bridgehead atoms. The van der Waals surface area contributed by atoms with E-state index in [-0.39, 0.29) is 5.41 Å². The topological polar surface area (TPSA) is 57.9 Å². The smallest absolute Gasteiger partial charge is 0.166 e. The van der Waals surface area contributed by atoms with Gasteiger partial charge in [0.2, 0.25) is 0 Å². The second-order valence-corrected chi connectivity index (χ2v) is 7.56. The largest absolute Gasteiger partial charge is 0.227 e. The number of sulfone groups is 1. The van der Waals surface area contributed by atoms with Crippen LogP contribution in [0.1, 0.15) is 52.4 Å². The first kappa shape index (κ1) is 13.5. The zero-order valence-corrected chi connectivity index (χ0v) is 11.2. The maximum atomic E-state index is 11.6. The van der Waals surface area contributed by atoms with Gasteiger partial charge in [-0.1, -0.05) is 26.7 Å². The fourth-order valence-corrected chi connectivity index (χ4v) is 4.43. The van der Waals surface area contributed by atoms with Gasteiger partial charge in [0.05, 0.1) is 6.07 Å². The molecule has 0 aromatic carbocycles. The first-order valence-electron chi connectivity index (χ1n) is 5.95. The molecule has 1 aliphatic carbocycles. The van der Waals surface area contributed by atoms with Gasteiger partial charge in [0.1, 0.15) is 0 Å². The summed E-state index contributed by atoms with van der Waals surface area (Å²) < 4.78 is 22.2. The van der Waals surface area contributed by atoms with E-state index in [1.807, 2.05) is 6.07 Å². The van der Waals surface area contributed by atoms with Crippen molar-refractivity contribution in [2.24, 2.45) is 5.41 Å². The van der Waals surface area contributed by atoms with Gasteiger partial charge in [0, 0.05) is 6.26 Å². The third kappa shape index (κ3) is 2.10. The molecule has 1 rings (SSSR count). The maximum absolute atomic E-state index is 11.6. The Hall–Kier alpha value is -0.560. The summed E-state index contributed by atoms with van der Waals surface area (Å²) in [7, 11) is -3.25. The highest BCUT2D eigenvalue weighted by Gasteiger charge is 2.59. The van der Waals surface area contributed by atoms with E-state index in [1.54, 1.807) is 0 Å². The Kier molecular flexibility index (Phi) is 3.69. The van der Waals surface area contributed by atoms with E-state index < -0.39 is 14.6 Å². The van der Waals surface area contributed by atoms with Gasteiger partial charge in [-0.3, -0.25) is 0 Å². The van der Waals surface area contributed by atoms with Gasteiger partial charge < -0.3 is 0 Å². The van der Waals surface area contributed by atoms with Crippen LogP contribution in [0.15, 0.2) is 0 Å². The molecule has 0 spiro atoms. The third-order valence-corrected chi connectivity index (χ3v) is 5.59. The predicted molar refractivity (Wildman–Crippen MR) is 64.7 cm³/mol. The van der Waals surface area contributed by atoms with Crippen LogP contribution < -0.4 is 0 Å². The van der Waals surface area contributed by atoms with Crippen molar-refractivity contribution >= 4 is 9.84 Å². The Labute approximate surface area is 98.8 Å². The molecule has 0 unspecified atom stereocenters. The zero-order chi connectivity index (χ0) is 12.4. The Balaban J connectivity index is 2.87. The molecule has 1 fully saturated rings. The van der Waals surface area contributed by atoms with Gasteiger partial charge in [-0.25, -0.2) is 8.42 Å². The summed E-state index contributed by atoms with van der Waals surface area (Å²) >= 11 is 0. The third-order valence-electron chi connectivity index (χ3n) is 3.80. The first-order chi connectivity index (χ1) is 7.35. The molecule has 0 aromatic rings. The SMILES string of the molecule is CCCC1(CCC)CC(C#N)(S(C)(=O)=O)C1. The summed E-state index contributed by atoms with van der Waals surface area (Å²) in [5.74, 6) is 0. The number of nitriles is 1. The second-order valence-electron chi connectivity index (χ2n) is 5.23. The van der Waals surface area contributed by atoms with Gasteiger partial charge in [-0.2, -0.15) is 5.26 Å². The minimum absolute atomic E-state index is 0.113.